The van der Waals surface area contributed by atoms with E-state index in [9.17, 15) is 4.79 Å². The van der Waals surface area contributed by atoms with Crippen LogP contribution in [0.4, 0.5) is 0 Å². The molecule has 0 aliphatic rings. The second-order valence-corrected chi connectivity index (χ2v) is 2.92. The van der Waals surface area contributed by atoms with Crippen molar-refractivity contribution in [2.75, 3.05) is 12.9 Å². The smallest absolute Gasteiger partial charge is 0.356 e. The summed E-state index contributed by atoms with van der Waals surface area (Å²) in [6.45, 7) is 0. The molecular formula is C10H11NO2S. The minimum absolute atomic E-state index is 0.315. The van der Waals surface area contributed by atoms with Gasteiger partial charge in [-0.1, -0.05) is 18.2 Å². The standard InChI is InChI=1S/C10H11NO2S/c1-13-10(12)9-5-4-8(7-11-9)3-2-6-14/h2-5,7,14H,6H2,1H3. The van der Waals surface area contributed by atoms with Gasteiger partial charge in [-0.15, -0.1) is 0 Å². The topological polar surface area (TPSA) is 39.2 Å². The number of methoxy groups -OCH3 is 1. The molecule has 1 aromatic heterocycles. The van der Waals surface area contributed by atoms with Gasteiger partial charge >= 0.3 is 5.97 Å². The number of hydrogen-bond donors (Lipinski definition) is 1. The molecule has 0 fully saturated rings. The monoisotopic (exact) mass is 209 g/mol. The fourth-order valence-electron chi connectivity index (χ4n) is 0.918. The van der Waals surface area contributed by atoms with Crippen LogP contribution in [-0.4, -0.2) is 23.8 Å². The minimum Gasteiger partial charge on any atom is -0.464 e. The van der Waals surface area contributed by atoms with Gasteiger partial charge in [-0.3, -0.25) is 0 Å². The van der Waals surface area contributed by atoms with Crippen molar-refractivity contribution >= 4 is 24.7 Å². The molecule has 1 aromatic rings. The molecule has 0 aliphatic heterocycles. The van der Waals surface area contributed by atoms with Crippen molar-refractivity contribution in [2.45, 2.75) is 0 Å². The van der Waals surface area contributed by atoms with Crippen LogP contribution in [-0.2, 0) is 4.74 Å². The summed E-state index contributed by atoms with van der Waals surface area (Å²) in [7, 11) is 1.33. The summed E-state index contributed by atoms with van der Waals surface area (Å²) in [4.78, 5) is 15.0. The molecule has 4 heteroatoms. The van der Waals surface area contributed by atoms with Crippen LogP contribution in [0.2, 0.25) is 0 Å². The van der Waals surface area contributed by atoms with Crippen LogP contribution in [0.25, 0.3) is 6.08 Å². The third-order valence-electron chi connectivity index (χ3n) is 1.60. The SMILES string of the molecule is COC(=O)c1ccc(C=CCS)cn1. The molecular weight excluding hydrogens is 198 g/mol. The predicted octanol–water partition coefficient (Wildman–Crippen LogP) is 1.81. The van der Waals surface area contributed by atoms with E-state index in [0.29, 0.717) is 11.4 Å². The van der Waals surface area contributed by atoms with E-state index in [4.69, 9.17) is 0 Å². The molecule has 0 N–H and O–H groups in total. The van der Waals surface area contributed by atoms with Crippen molar-refractivity contribution in [3.8, 4) is 0 Å². The Morgan fingerprint density at radius 2 is 2.43 bits per heavy atom. The van der Waals surface area contributed by atoms with E-state index in [1.165, 1.54) is 7.11 Å². The predicted molar refractivity (Wildman–Crippen MR) is 58.5 cm³/mol. The molecule has 0 bridgehead atoms. The molecule has 0 saturated carbocycles. The van der Waals surface area contributed by atoms with Crippen molar-refractivity contribution in [1.29, 1.82) is 0 Å². The van der Waals surface area contributed by atoms with Crippen molar-refractivity contribution in [3.63, 3.8) is 0 Å². The maximum Gasteiger partial charge on any atom is 0.356 e. The lowest BCUT2D eigenvalue weighted by Crippen LogP contribution is -2.03. The summed E-state index contributed by atoms with van der Waals surface area (Å²) >= 11 is 4.04. The molecule has 14 heavy (non-hydrogen) atoms. The Morgan fingerprint density at radius 3 is 2.93 bits per heavy atom. The van der Waals surface area contributed by atoms with Crippen molar-refractivity contribution < 1.29 is 9.53 Å². The second kappa shape index (κ2) is 5.44. The van der Waals surface area contributed by atoms with Crippen molar-refractivity contribution in [3.05, 3.63) is 35.7 Å². The van der Waals surface area contributed by atoms with Gasteiger partial charge in [-0.2, -0.15) is 12.6 Å². The second-order valence-electron chi connectivity index (χ2n) is 2.55. The van der Waals surface area contributed by atoms with Crippen molar-refractivity contribution in [2.24, 2.45) is 0 Å². The Kier molecular flexibility index (Phi) is 4.19. The lowest BCUT2D eigenvalue weighted by atomic mass is 10.2. The highest BCUT2D eigenvalue weighted by atomic mass is 32.1. The van der Waals surface area contributed by atoms with Crippen LogP contribution < -0.4 is 0 Å². The van der Waals surface area contributed by atoms with Crippen LogP contribution in [0.1, 0.15) is 16.1 Å². The number of ether oxygens (including phenoxy) is 1. The van der Waals surface area contributed by atoms with Gasteiger partial charge in [0.05, 0.1) is 7.11 Å². The number of rotatable bonds is 3. The summed E-state index contributed by atoms with van der Waals surface area (Å²) in [5, 5.41) is 0. The molecule has 0 saturated heterocycles. The summed E-state index contributed by atoms with van der Waals surface area (Å²) in [5.74, 6) is 0.258. The van der Waals surface area contributed by atoms with E-state index in [1.807, 2.05) is 12.2 Å². The maximum atomic E-state index is 11.0. The summed E-state index contributed by atoms with van der Waals surface area (Å²) in [5.41, 5.74) is 1.25. The number of pyridine rings is 1. The summed E-state index contributed by atoms with van der Waals surface area (Å²) in [6.07, 6.45) is 5.41. The normalized spacial score (nSPS) is 10.4. The van der Waals surface area contributed by atoms with Crippen LogP contribution in [0.5, 0.6) is 0 Å². The Morgan fingerprint density at radius 1 is 1.64 bits per heavy atom. The number of hydrogen-bond acceptors (Lipinski definition) is 4. The molecule has 0 unspecified atom stereocenters. The van der Waals surface area contributed by atoms with E-state index in [0.717, 1.165) is 5.56 Å². The summed E-state index contributed by atoms with van der Waals surface area (Å²) in [6, 6.07) is 3.43. The van der Waals surface area contributed by atoms with Crippen LogP contribution in [0.15, 0.2) is 24.4 Å². The fraction of sp³-hybridized carbons (Fsp3) is 0.200. The molecule has 0 amide bonds. The Labute approximate surface area is 88.2 Å². The van der Waals surface area contributed by atoms with E-state index in [2.05, 4.69) is 22.3 Å². The third-order valence-corrected chi connectivity index (χ3v) is 1.81. The van der Waals surface area contributed by atoms with Gasteiger partial charge in [0.2, 0.25) is 0 Å². The van der Waals surface area contributed by atoms with Gasteiger partial charge in [-0.25, -0.2) is 9.78 Å². The molecule has 1 heterocycles. The van der Waals surface area contributed by atoms with Gasteiger partial charge in [-0.05, 0) is 11.6 Å². The maximum absolute atomic E-state index is 11.0. The van der Waals surface area contributed by atoms with E-state index < -0.39 is 5.97 Å². The molecule has 0 aliphatic carbocycles. The fourth-order valence-corrected chi connectivity index (χ4v) is 1.02. The van der Waals surface area contributed by atoms with Crippen LogP contribution in [0.3, 0.4) is 0 Å². The van der Waals surface area contributed by atoms with Crippen LogP contribution in [0, 0.1) is 0 Å². The number of esters is 1. The average Bonchev–Trinajstić information content (AvgIpc) is 2.26. The molecule has 1 rings (SSSR count). The number of nitrogens with zero attached hydrogens (tertiary/aromatic N) is 1. The van der Waals surface area contributed by atoms with Crippen LogP contribution >= 0.6 is 12.6 Å². The Bertz CT molecular complexity index is 332. The first kappa shape index (κ1) is 10.8. The number of aromatic nitrogens is 1. The van der Waals surface area contributed by atoms with Gasteiger partial charge in [0.25, 0.3) is 0 Å². The highest BCUT2D eigenvalue weighted by Gasteiger charge is 2.04. The van der Waals surface area contributed by atoms with Gasteiger partial charge in [0.15, 0.2) is 0 Å². The van der Waals surface area contributed by atoms with Gasteiger partial charge in [0, 0.05) is 11.9 Å². The zero-order valence-electron chi connectivity index (χ0n) is 7.80. The first-order valence-corrected chi connectivity index (χ1v) is 4.73. The molecule has 74 valence electrons. The molecule has 0 aromatic carbocycles. The van der Waals surface area contributed by atoms with Crippen molar-refractivity contribution in [1.82, 2.24) is 4.98 Å². The highest BCUT2D eigenvalue weighted by molar-refractivity contribution is 7.80. The lowest BCUT2D eigenvalue weighted by molar-refractivity contribution is 0.0594. The number of carbonyl (C=O) groups is 1. The Balaban J connectivity index is 2.78. The van der Waals surface area contributed by atoms with Gasteiger partial charge in [0.1, 0.15) is 5.69 Å². The van der Waals surface area contributed by atoms with E-state index >= 15 is 0 Å². The largest absolute Gasteiger partial charge is 0.464 e. The van der Waals surface area contributed by atoms with Gasteiger partial charge < -0.3 is 4.74 Å². The highest BCUT2D eigenvalue weighted by Crippen LogP contribution is 2.03. The molecule has 0 radical (unpaired) electrons. The number of thiol groups is 1. The Hall–Kier alpha value is -1.29. The lowest BCUT2D eigenvalue weighted by Gasteiger charge is -1.97. The molecule has 0 spiro atoms. The summed E-state index contributed by atoms with van der Waals surface area (Å²) < 4.78 is 4.53. The zero-order valence-corrected chi connectivity index (χ0v) is 8.70. The first-order chi connectivity index (χ1) is 6.77. The van der Waals surface area contributed by atoms with E-state index in [1.54, 1.807) is 18.3 Å². The minimum atomic E-state index is -0.422. The third kappa shape index (κ3) is 2.88. The first-order valence-electron chi connectivity index (χ1n) is 4.09. The quantitative estimate of drug-likeness (QED) is 0.609. The zero-order chi connectivity index (χ0) is 10.4. The van der Waals surface area contributed by atoms with E-state index in [-0.39, 0.29) is 0 Å². The average molecular weight is 209 g/mol. The molecule has 0 atom stereocenters. The molecule has 3 nitrogen and oxygen atoms in total. The number of carbonyl (C=O) groups excluding carboxylic acids is 1.